The summed E-state index contributed by atoms with van der Waals surface area (Å²) in [6.45, 7) is -3.18. The first-order valence-electron chi connectivity index (χ1n) is 3.26. The summed E-state index contributed by atoms with van der Waals surface area (Å²) in [5.41, 5.74) is -0.658. The summed E-state index contributed by atoms with van der Waals surface area (Å²) in [4.78, 5) is 12.7. The summed E-state index contributed by atoms with van der Waals surface area (Å²) in [7, 11) is 0. The van der Waals surface area contributed by atoms with Crippen LogP contribution >= 0.6 is 11.6 Å². The molecule has 0 aromatic carbocycles. The molecule has 0 fully saturated rings. The number of halogens is 3. The molecule has 76 valence electrons. The fourth-order valence-electron chi connectivity index (χ4n) is 0.721. The van der Waals surface area contributed by atoms with Gasteiger partial charge in [-0.05, 0) is 6.07 Å². The number of rotatable bonds is 3. The Morgan fingerprint density at radius 3 is 2.71 bits per heavy atom. The Morgan fingerprint density at radius 2 is 2.21 bits per heavy atom. The van der Waals surface area contributed by atoms with Crippen molar-refractivity contribution in [3.8, 4) is 5.88 Å². The molecule has 14 heavy (non-hydrogen) atoms. The van der Waals surface area contributed by atoms with Gasteiger partial charge < -0.3 is 4.74 Å². The molecule has 0 atom stereocenters. The summed E-state index contributed by atoms with van der Waals surface area (Å²) in [5, 5.41) is 10.2. The highest BCUT2D eigenvalue weighted by molar-refractivity contribution is 6.29. The molecule has 0 bridgehead atoms. The predicted molar refractivity (Wildman–Crippen MR) is 42.5 cm³/mol. The molecule has 0 aliphatic heterocycles. The molecule has 1 aromatic rings. The molecule has 0 N–H and O–H groups in total. The minimum absolute atomic E-state index is 0.161. The van der Waals surface area contributed by atoms with Gasteiger partial charge in [0.05, 0.1) is 4.92 Å². The van der Waals surface area contributed by atoms with E-state index in [0.717, 1.165) is 12.1 Å². The van der Waals surface area contributed by atoms with Gasteiger partial charge in [-0.25, -0.2) is 0 Å². The van der Waals surface area contributed by atoms with E-state index in [4.69, 9.17) is 11.6 Å². The van der Waals surface area contributed by atoms with Crippen LogP contribution < -0.4 is 4.74 Å². The number of hydrogen-bond donors (Lipinski definition) is 0. The van der Waals surface area contributed by atoms with Crippen LogP contribution in [0.4, 0.5) is 14.5 Å². The highest BCUT2D eigenvalue weighted by Crippen LogP contribution is 2.27. The van der Waals surface area contributed by atoms with Gasteiger partial charge in [-0.1, -0.05) is 11.6 Å². The molecule has 0 unspecified atom stereocenters. The van der Waals surface area contributed by atoms with E-state index in [1.807, 2.05) is 0 Å². The van der Waals surface area contributed by atoms with E-state index < -0.39 is 23.1 Å². The van der Waals surface area contributed by atoms with Gasteiger partial charge in [0.15, 0.2) is 0 Å². The third-order valence-corrected chi connectivity index (χ3v) is 1.41. The minimum Gasteiger partial charge on any atom is -0.411 e. The molecular weight excluding hydrogens is 222 g/mol. The van der Waals surface area contributed by atoms with Crippen molar-refractivity contribution in [1.29, 1.82) is 0 Å². The number of nitro groups is 1. The zero-order valence-corrected chi connectivity index (χ0v) is 7.24. The Hall–Kier alpha value is -1.50. The average Bonchev–Trinajstić information content (AvgIpc) is 2.01. The van der Waals surface area contributed by atoms with Crippen LogP contribution in [0.3, 0.4) is 0 Å². The van der Waals surface area contributed by atoms with Gasteiger partial charge in [0, 0.05) is 6.07 Å². The lowest BCUT2D eigenvalue weighted by Crippen LogP contribution is -2.06. The lowest BCUT2D eigenvalue weighted by Gasteiger charge is -2.03. The van der Waals surface area contributed by atoms with E-state index in [-0.39, 0.29) is 5.15 Å². The zero-order chi connectivity index (χ0) is 10.7. The molecule has 8 heteroatoms. The van der Waals surface area contributed by atoms with Gasteiger partial charge >= 0.3 is 12.3 Å². The van der Waals surface area contributed by atoms with Gasteiger partial charge in [-0.2, -0.15) is 13.8 Å². The second kappa shape index (κ2) is 4.14. The van der Waals surface area contributed by atoms with Crippen LogP contribution in [0.1, 0.15) is 0 Å². The van der Waals surface area contributed by atoms with E-state index in [9.17, 15) is 18.9 Å². The van der Waals surface area contributed by atoms with Crippen molar-refractivity contribution in [3.63, 3.8) is 0 Å². The van der Waals surface area contributed by atoms with Gasteiger partial charge in [0.1, 0.15) is 5.15 Å². The van der Waals surface area contributed by atoms with Crippen molar-refractivity contribution in [1.82, 2.24) is 4.98 Å². The highest BCUT2D eigenvalue weighted by Gasteiger charge is 2.20. The average molecular weight is 225 g/mol. The van der Waals surface area contributed by atoms with Crippen LogP contribution in [0.25, 0.3) is 0 Å². The van der Waals surface area contributed by atoms with Crippen LogP contribution in [0, 0.1) is 10.1 Å². The van der Waals surface area contributed by atoms with Crippen LogP contribution in [-0.4, -0.2) is 16.5 Å². The largest absolute Gasteiger partial charge is 0.411 e. The summed E-state index contributed by atoms with van der Waals surface area (Å²) in [6.07, 6.45) is 0. The number of ether oxygens (including phenoxy) is 1. The smallest absolute Gasteiger partial charge is 0.388 e. The number of nitrogens with zero attached hydrogens (tertiary/aromatic N) is 2. The van der Waals surface area contributed by atoms with Crippen molar-refractivity contribution < 1.29 is 18.4 Å². The maximum absolute atomic E-state index is 11.8. The van der Waals surface area contributed by atoms with E-state index in [1.165, 1.54) is 0 Å². The standard InChI is InChI=1S/C6H3ClF2N2O3/c7-4-2-1-3(11(12)13)5(10-4)14-6(8)9/h1-2,6H. The molecule has 1 aromatic heterocycles. The molecule has 0 aliphatic rings. The molecule has 0 aliphatic carbocycles. The van der Waals surface area contributed by atoms with Gasteiger partial charge in [-0.15, -0.1) is 0 Å². The van der Waals surface area contributed by atoms with Crippen LogP contribution in [-0.2, 0) is 0 Å². The van der Waals surface area contributed by atoms with Crippen molar-refractivity contribution in [2.45, 2.75) is 6.61 Å². The number of alkyl halides is 2. The summed E-state index contributed by atoms with van der Waals surface area (Å²) < 4.78 is 27.4. The second-order valence-corrected chi connectivity index (χ2v) is 2.48. The lowest BCUT2D eigenvalue weighted by molar-refractivity contribution is -0.386. The van der Waals surface area contributed by atoms with Gasteiger partial charge in [-0.3, -0.25) is 10.1 Å². The van der Waals surface area contributed by atoms with Crippen molar-refractivity contribution in [2.75, 3.05) is 0 Å². The highest BCUT2D eigenvalue weighted by atomic mass is 35.5. The Kier molecular flexibility index (Phi) is 3.13. The van der Waals surface area contributed by atoms with E-state index in [2.05, 4.69) is 9.72 Å². The SMILES string of the molecule is O=[N+]([O-])c1ccc(Cl)nc1OC(F)F. The Bertz CT molecular complexity index is 361. The quantitative estimate of drug-likeness (QED) is 0.449. The van der Waals surface area contributed by atoms with E-state index >= 15 is 0 Å². The first-order valence-corrected chi connectivity index (χ1v) is 3.64. The molecule has 5 nitrogen and oxygen atoms in total. The molecule has 0 radical (unpaired) electrons. The monoisotopic (exact) mass is 224 g/mol. The topological polar surface area (TPSA) is 65.3 Å². The third-order valence-electron chi connectivity index (χ3n) is 1.20. The Morgan fingerprint density at radius 1 is 1.57 bits per heavy atom. The van der Waals surface area contributed by atoms with Crippen molar-refractivity contribution in [3.05, 3.63) is 27.4 Å². The number of pyridine rings is 1. The fraction of sp³-hybridized carbons (Fsp3) is 0.167. The Balaban J connectivity index is 3.09. The van der Waals surface area contributed by atoms with E-state index in [1.54, 1.807) is 0 Å². The fourth-order valence-corrected chi connectivity index (χ4v) is 0.860. The third kappa shape index (κ3) is 2.49. The van der Waals surface area contributed by atoms with Gasteiger partial charge in [0.2, 0.25) is 0 Å². The van der Waals surface area contributed by atoms with Crippen LogP contribution in [0.5, 0.6) is 5.88 Å². The summed E-state index contributed by atoms with van der Waals surface area (Å²) in [6, 6.07) is 2.05. The maximum atomic E-state index is 11.8. The lowest BCUT2D eigenvalue weighted by atomic mass is 10.4. The zero-order valence-electron chi connectivity index (χ0n) is 6.49. The molecule has 0 spiro atoms. The maximum Gasteiger partial charge on any atom is 0.388 e. The second-order valence-electron chi connectivity index (χ2n) is 2.09. The van der Waals surface area contributed by atoms with Crippen molar-refractivity contribution in [2.24, 2.45) is 0 Å². The van der Waals surface area contributed by atoms with Crippen molar-refractivity contribution >= 4 is 17.3 Å². The molecule has 1 heterocycles. The normalized spacial score (nSPS) is 10.3. The van der Waals surface area contributed by atoms with Crippen LogP contribution in [0.2, 0.25) is 5.15 Å². The molecule has 0 saturated carbocycles. The molecular formula is C6H3ClF2N2O3. The Labute approximate surface area is 81.4 Å². The first-order chi connectivity index (χ1) is 6.50. The summed E-state index contributed by atoms with van der Waals surface area (Å²) in [5.74, 6) is -0.794. The number of hydrogen-bond acceptors (Lipinski definition) is 4. The van der Waals surface area contributed by atoms with Crippen LogP contribution in [0.15, 0.2) is 12.1 Å². The van der Waals surface area contributed by atoms with E-state index in [0.29, 0.717) is 0 Å². The number of aromatic nitrogens is 1. The summed E-state index contributed by atoms with van der Waals surface area (Å²) >= 11 is 5.35. The molecule has 0 amide bonds. The van der Waals surface area contributed by atoms with Gasteiger partial charge in [0.25, 0.3) is 5.88 Å². The minimum atomic E-state index is -3.18. The predicted octanol–water partition coefficient (Wildman–Crippen LogP) is 2.24. The first kappa shape index (κ1) is 10.6. The molecule has 1 rings (SSSR count). The molecule has 0 saturated heterocycles.